The lowest BCUT2D eigenvalue weighted by atomic mass is 10.0. The number of hydrogen-bond donors (Lipinski definition) is 1. The minimum Gasteiger partial charge on any atom is -0.472 e. The number of ether oxygens (including phenoxy) is 1. The minimum atomic E-state index is -0.598. The van der Waals surface area contributed by atoms with Crippen molar-refractivity contribution in [3.63, 3.8) is 0 Å². The molecule has 0 saturated carbocycles. The number of methoxy groups -OCH3 is 1. The smallest absolute Gasteiger partial charge is 0.340 e. The van der Waals surface area contributed by atoms with E-state index >= 15 is 0 Å². The first-order valence-electron chi connectivity index (χ1n) is 10.9. The zero-order valence-corrected chi connectivity index (χ0v) is 20.1. The molecule has 0 bridgehead atoms. The summed E-state index contributed by atoms with van der Waals surface area (Å²) in [6.07, 6.45) is 3.97. The Morgan fingerprint density at radius 2 is 1.85 bits per heavy atom. The molecule has 2 aromatic carbocycles. The fourth-order valence-electron chi connectivity index (χ4n) is 3.64. The molecule has 0 atom stereocenters. The van der Waals surface area contributed by atoms with Gasteiger partial charge in [0.25, 0.3) is 0 Å². The molecule has 8 heteroatoms. The third kappa shape index (κ3) is 6.05. The minimum absolute atomic E-state index is 0.0653. The summed E-state index contributed by atoms with van der Waals surface area (Å²) in [7, 11) is 1.26. The van der Waals surface area contributed by atoms with Gasteiger partial charge >= 0.3 is 5.97 Å². The highest BCUT2D eigenvalue weighted by atomic mass is 35.5. The summed E-state index contributed by atoms with van der Waals surface area (Å²) in [5, 5.41) is 3.06. The Balaban J connectivity index is 1.62. The number of anilines is 2. The van der Waals surface area contributed by atoms with Gasteiger partial charge in [-0.3, -0.25) is 9.59 Å². The van der Waals surface area contributed by atoms with E-state index in [2.05, 4.69) is 5.32 Å². The Hall–Kier alpha value is -3.58. The van der Waals surface area contributed by atoms with Gasteiger partial charge < -0.3 is 19.4 Å². The summed E-state index contributed by atoms with van der Waals surface area (Å²) in [5.41, 5.74) is 4.20. The van der Waals surface area contributed by atoms with Crippen LogP contribution in [0.25, 0.3) is 11.1 Å². The fraction of sp³-hybridized carbons (Fsp3) is 0.269. The molecule has 0 radical (unpaired) electrons. The number of nitrogens with zero attached hydrogens (tertiary/aromatic N) is 1. The molecule has 0 unspecified atom stereocenters. The molecule has 1 N–H and O–H groups in total. The molecule has 1 heterocycles. The highest BCUT2D eigenvalue weighted by Gasteiger charge is 2.18. The standard InChI is InChI=1S/C26H27ClN2O5/c1-4-29(23-14-18(9-8-17(23)2)19-12-13-34-16-19)25(31)7-5-6-24(30)28-22-11-10-20(27)15-21(22)26(32)33-3/h8-16H,4-7H2,1-3H3,(H,28,30). The highest BCUT2D eigenvalue weighted by Crippen LogP contribution is 2.29. The van der Waals surface area contributed by atoms with Crippen LogP contribution in [-0.2, 0) is 14.3 Å². The topological polar surface area (TPSA) is 88.9 Å². The highest BCUT2D eigenvalue weighted by molar-refractivity contribution is 6.31. The summed E-state index contributed by atoms with van der Waals surface area (Å²) >= 11 is 5.95. The van der Waals surface area contributed by atoms with Gasteiger partial charge in [0.1, 0.15) is 0 Å². The Bertz CT molecular complexity index is 1170. The van der Waals surface area contributed by atoms with Gasteiger partial charge in [-0.2, -0.15) is 0 Å². The van der Waals surface area contributed by atoms with E-state index in [-0.39, 0.29) is 30.2 Å². The molecule has 0 spiro atoms. The first kappa shape index (κ1) is 25.1. The van der Waals surface area contributed by atoms with Crippen LogP contribution in [0.15, 0.2) is 59.4 Å². The Morgan fingerprint density at radius 3 is 2.53 bits per heavy atom. The van der Waals surface area contributed by atoms with Crippen LogP contribution in [0.5, 0.6) is 0 Å². The largest absolute Gasteiger partial charge is 0.472 e. The van der Waals surface area contributed by atoms with Gasteiger partial charge in [0, 0.05) is 35.7 Å². The molecule has 0 fully saturated rings. The second-order valence-corrected chi connectivity index (χ2v) is 8.17. The molecule has 1 aromatic heterocycles. The number of rotatable bonds is 9. The summed E-state index contributed by atoms with van der Waals surface area (Å²) in [6.45, 7) is 4.39. The van der Waals surface area contributed by atoms with Crippen molar-refractivity contribution in [3.8, 4) is 11.1 Å². The van der Waals surface area contributed by atoms with Gasteiger partial charge in [-0.25, -0.2) is 4.79 Å². The van der Waals surface area contributed by atoms with Gasteiger partial charge in [0.15, 0.2) is 0 Å². The van der Waals surface area contributed by atoms with Crippen molar-refractivity contribution in [1.29, 1.82) is 0 Å². The van der Waals surface area contributed by atoms with Crippen LogP contribution in [0.2, 0.25) is 5.02 Å². The SMILES string of the molecule is CCN(C(=O)CCCC(=O)Nc1ccc(Cl)cc1C(=O)OC)c1cc(-c2ccoc2)ccc1C. The maximum atomic E-state index is 13.0. The van der Waals surface area contributed by atoms with Crippen molar-refractivity contribution in [3.05, 3.63) is 71.1 Å². The number of aryl methyl sites for hydroxylation is 1. The van der Waals surface area contributed by atoms with E-state index in [4.69, 9.17) is 20.8 Å². The van der Waals surface area contributed by atoms with E-state index in [0.29, 0.717) is 23.7 Å². The number of benzene rings is 2. The number of halogens is 1. The van der Waals surface area contributed by atoms with E-state index in [9.17, 15) is 14.4 Å². The van der Waals surface area contributed by atoms with Crippen LogP contribution in [0.4, 0.5) is 11.4 Å². The first-order valence-corrected chi connectivity index (χ1v) is 11.3. The quantitative estimate of drug-likeness (QED) is 0.386. The second-order valence-electron chi connectivity index (χ2n) is 7.73. The summed E-state index contributed by atoms with van der Waals surface area (Å²) in [6, 6.07) is 12.4. The lowest BCUT2D eigenvalue weighted by Gasteiger charge is -2.24. The van der Waals surface area contributed by atoms with Crippen molar-refractivity contribution >= 4 is 40.8 Å². The number of carbonyl (C=O) groups excluding carboxylic acids is 3. The van der Waals surface area contributed by atoms with Crippen LogP contribution in [0.1, 0.15) is 42.1 Å². The number of hydrogen-bond acceptors (Lipinski definition) is 5. The zero-order valence-electron chi connectivity index (χ0n) is 19.4. The first-order chi connectivity index (χ1) is 16.3. The Kier molecular flexibility index (Phi) is 8.49. The summed E-state index contributed by atoms with van der Waals surface area (Å²) in [5.74, 6) is -0.967. The van der Waals surface area contributed by atoms with Gasteiger partial charge in [0.05, 0.1) is 30.9 Å². The fourth-order valence-corrected chi connectivity index (χ4v) is 3.81. The van der Waals surface area contributed by atoms with E-state index in [0.717, 1.165) is 22.4 Å². The van der Waals surface area contributed by atoms with Gasteiger partial charge in [-0.05, 0) is 61.7 Å². The molecule has 0 aliphatic rings. The van der Waals surface area contributed by atoms with E-state index in [1.165, 1.54) is 13.2 Å². The predicted octanol–water partition coefficient (Wildman–Crippen LogP) is 5.86. The Labute approximate surface area is 203 Å². The van der Waals surface area contributed by atoms with Gasteiger partial charge in [0.2, 0.25) is 11.8 Å². The molecule has 34 heavy (non-hydrogen) atoms. The van der Waals surface area contributed by atoms with Crippen LogP contribution < -0.4 is 10.2 Å². The van der Waals surface area contributed by atoms with Crippen LogP contribution >= 0.6 is 11.6 Å². The van der Waals surface area contributed by atoms with Crippen molar-refractivity contribution in [1.82, 2.24) is 0 Å². The average molecular weight is 483 g/mol. The third-order valence-corrected chi connectivity index (χ3v) is 5.66. The molecule has 2 amide bonds. The monoisotopic (exact) mass is 482 g/mol. The van der Waals surface area contributed by atoms with E-state index < -0.39 is 5.97 Å². The molecule has 178 valence electrons. The lowest BCUT2D eigenvalue weighted by Crippen LogP contribution is -2.31. The molecular weight excluding hydrogens is 456 g/mol. The number of amides is 2. The molecular formula is C26H27ClN2O5. The lowest BCUT2D eigenvalue weighted by molar-refractivity contribution is -0.119. The summed E-state index contributed by atoms with van der Waals surface area (Å²) in [4.78, 5) is 39.1. The molecule has 0 aliphatic carbocycles. The van der Waals surface area contributed by atoms with Crippen molar-refractivity contribution in [2.45, 2.75) is 33.1 Å². The normalized spacial score (nSPS) is 10.6. The molecule has 0 aliphatic heterocycles. The van der Waals surface area contributed by atoms with Crippen LogP contribution in [-0.4, -0.2) is 31.4 Å². The van der Waals surface area contributed by atoms with E-state index in [1.54, 1.807) is 29.6 Å². The van der Waals surface area contributed by atoms with Crippen LogP contribution in [0, 0.1) is 6.92 Å². The number of furan rings is 1. The van der Waals surface area contributed by atoms with E-state index in [1.807, 2.05) is 38.1 Å². The van der Waals surface area contributed by atoms with Crippen molar-refractivity contribution in [2.24, 2.45) is 0 Å². The maximum Gasteiger partial charge on any atom is 0.340 e. The molecule has 7 nitrogen and oxygen atoms in total. The van der Waals surface area contributed by atoms with Crippen LogP contribution in [0.3, 0.4) is 0 Å². The van der Waals surface area contributed by atoms with Crippen molar-refractivity contribution in [2.75, 3.05) is 23.9 Å². The molecule has 3 rings (SSSR count). The zero-order chi connectivity index (χ0) is 24.7. The number of nitrogens with one attached hydrogen (secondary N) is 1. The van der Waals surface area contributed by atoms with Crippen molar-refractivity contribution < 1.29 is 23.5 Å². The summed E-state index contributed by atoms with van der Waals surface area (Å²) < 4.78 is 9.92. The second kappa shape index (κ2) is 11.5. The molecule has 3 aromatic rings. The van der Waals surface area contributed by atoms with Gasteiger partial charge in [-0.1, -0.05) is 23.7 Å². The van der Waals surface area contributed by atoms with Gasteiger partial charge in [-0.15, -0.1) is 0 Å². The third-order valence-electron chi connectivity index (χ3n) is 5.43. The number of carbonyl (C=O) groups is 3. The predicted molar refractivity (Wildman–Crippen MR) is 132 cm³/mol. The molecule has 0 saturated heterocycles. The maximum absolute atomic E-state index is 13.0. The average Bonchev–Trinajstić information content (AvgIpc) is 3.36. The number of esters is 1. The Morgan fingerprint density at radius 1 is 1.06 bits per heavy atom.